The average molecular weight is 256 g/mol. The molecule has 0 aromatic rings. The van der Waals surface area contributed by atoms with Crippen LogP contribution in [0.3, 0.4) is 0 Å². The molecule has 0 aliphatic rings. The van der Waals surface area contributed by atoms with Crippen LogP contribution in [0.5, 0.6) is 0 Å². The van der Waals surface area contributed by atoms with E-state index >= 15 is 0 Å². The van der Waals surface area contributed by atoms with E-state index in [9.17, 15) is 9.59 Å². The zero-order valence-electron chi connectivity index (χ0n) is 11.6. The molecule has 0 aliphatic carbocycles. The fourth-order valence-corrected chi connectivity index (χ4v) is 1.50. The Bertz CT molecular complexity index is 255. The maximum atomic E-state index is 10.8. The van der Waals surface area contributed by atoms with Gasteiger partial charge in [0.2, 0.25) is 0 Å². The van der Waals surface area contributed by atoms with Crippen LogP contribution in [-0.2, 0) is 19.1 Å². The highest BCUT2D eigenvalue weighted by Crippen LogP contribution is 2.06. The number of unbranched alkanes of at least 4 members (excludes halogenated alkanes) is 5. The van der Waals surface area contributed by atoms with Gasteiger partial charge in [-0.1, -0.05) is 38.7 Å². The molecule has 0 saturated heterocycles. The molecule has 0 aromatic heterocycles. The van der Waals surface area contributed by atoms with Crippen molar-refractivity contribution in [3.8, 4) is 0 Å². The second-order valence-electron chi connectivity index (χ2n) is 4.22. The number of carbonyl (C=O) groups excluding carboxylic acids is 2. The largest absolute Gasteiger partial charge is 0.421 e. The lowest BCUT2D eigenvalue weighted by Gasteiger charge is -2.12. The van der Waals surface area contributed by atoms with Gasteiger partial charge in [0, 0.05) is 13.8 Å². The summed E-state index contributed by atoms with van der Waals surface area (Å²) in [5.74, 6) is -0.928. The van der Waals surface area contributed by atoms with Crippen LogP contribution < -0.4 is 0 Å². The average Bonchev–Trinajstić information content (AvgIpc) is 2.26. The summed E-state index contributed by atoms with van der Waals surface area (Å²) in [6.45, 7) is 4.76. The summed E-state index contributed by atoms with van der Waals surface area (Å²) in [5.41, 5.74) is 0. The van der Waals surface area contributed by atoms with Crippen molar-refractivity contribution >= 4 is 11.9 Å². The number of carbonyl (C=O) groups is 2. The summed E-state index contributed by atoms with van der Waals surface area (Å²) in [6, 6.07) is 0. The van der Waals surface area contributed by atoms with Crippen LogP contribution in [0.15, 0.2) is 12.2 Å². The Balaban J connectivity index is 3.84. The van der Waals surface area contributed by atoms with Crippen molar-refractivity contribution in [2.75, 3.05) is 0 Å². The van der Waals surface area contributed by atoms with Crippen LogP contribution >= 0.6 is 0 Å². The van der Waals surface area contributed by atoms with Gasteiger partial charge in [0.1, 0.15) is 0 Å². The zero-order valence-corrected chi connectivity index (χ0v) is 11.6. The quantitative estimate of drug-likeness (QED) is 0.275. The number of esters is 2. The molecule has 0 spiro atoms. The van der Waals surface area contributed by atoms with E-state index in [1.807, 2.05) is 6.08 Å². The van der Waals surface area contributed by atoms with E-state index in [4.69, 9.17) is 9.47 Å². The van der Waals surface area contributed by atoms with Gasteiger partial charge in [-0.25, -0.2) is 0 Å². The van der Waals surface area contributed by atoms with Crippen molar-refractivity contribution in [1.82, 2.24) is 0 Å². The number of hydrogen-bond donors (Lipinski definition) is 0. The SMILES string of the molecule is CCCCCCC/C=C/C(OC(C)=O)OC(C)=O. The smallest absolute Gasteiger partial charge is 0.305 e. The molecule has 0 unspecified atom stereocenters. The van der Waals surface area contributed by atoms with E-state index in [1.54, 1.807) is 6.08 Å². The number of hydrogen-bond acceptors (Lipinski definition) is 4. The molecule has 0 amide bonds. The monoisotopic (exact) mass is 256 g/mol. The van der Waals surface area contributed by atoms with Crippen LogP contribution in [0.1, 0.15) is 59.3 Å². The normalized spacial score (nSPS) is 10.9. The van der Waals surface area contributed by atoms with Gasteiger partial charge >= 0.3 is 11.9 Å². The standard InChI is InChI=1S/C14H24O4/c1-4-5-6-7-8-9-10-11-14(17-12(2)15)18-13(3)16/h10-11,14H,4-9H2,1-3H3/b11-10+. The molecule has 4 nitrogen and oxygen atoms in total. The molecule has 0 aromatic carbocycles. The van der Waals surface area contributed by atoms with Crippen molar-refractivity contribution < 1.29 is 19.1 Å². The summed E-state index contributed by atoms with van der Waals surface area (Å²) >= 11 is 0. The van der Waals surface area contributed by atoms with E-state index in [-0.39, 0.29) is 0 Å². The van der Waals surface area contributed by atoms with E-state index in [1.165, 1.54) is 39.5 Å². The number of allylic oxidation sites excluding steroid dienone is 1. The van der Waals surface area contributed by atoms with Crippen LogP contribution in [0, 0.1) is 0 Å². The molecule has 0 atom stereocenters. The van der Waals surface area contributed by atoms with Crippen molar-refractivity contribution in [2.24, 2.45) is 0 Å². The van der Waals surface area contributed by atoms with Gasteiger partial charge in [-0.05, 0) is 18.9 Å². The first-order chi connectivity index (χ1) is 8.56. The molecule has 0 N–H and O–H groups in total. The molecule has 0 fully saturated rings. The van der Waals surface area contributed by atoms with Gasteiger partial charge in [0.25, 0.3) is 6.29 Å². The topological polar surface area (TPSA) is 52.6 Å². The third-order valence-electron chi connectivity index (χ3n) is 2.33. The van der Waals surface area contributed by atoms with Crippen LogP contribution in [0.4, 0.5) is 0 Å². The van der Waals surface area contributed by atoms with Crippen LogP contribution in [-0.4, -0.2) is 18.2 Å². The van der Waals surface area contributed by atoms with Gasteiger partial charge in [-0.2, -0.15) is 0 Å². The predicted molar refractivity (Wildman–Crippen MR) is 69.8 cm³/mol. The molecule has 104 valence electrons. The molecular formula is C14H24O4. The molecule has 0 rings (SSSR count). The zero-order chi connectivity index (χ0) is 13.8. The molecule has 0 saturated carbocycles. The third-order valence-corrected chi connectivity index (χ3v) is 2.33. The minimum atomic E-state index is -0.893. The Labute approximate surface area is 109 Å². The first kappa shape index (κ1) is 16.7. The number of rotatable bonds is 9. The molecular weight excluding hydrogens is 232 g/mol. The van der Waals surface area contributed by atoms with Crippen LogP contribution in [0.25, 0.3) is 0 Å². The molecule has 18 heavy (non-hydrogen) atoms. The molecule has 0 bridgehead atoms. The van der Waals surface area contributed by atoms with Crippen LogP contribution in [0.2, 0.25) is 0 Å². The highest BCUT2D eigenvalue weighted by Gasteiger charge is 2.10. The van der Waals surface area contributed by atoms with E-state index < -0.39 is 18.2 Å². The van der Waals surface area contributed by atoms with E-state index in [0.717, 1.165) is 12.8 Å². The maximum Gasteiger partial charge on any atom is 0.305 e. The second-order valence-corrected chi connectivity index (χ2v) is 4.22. The number of ether oxygens (including phenoxy) is 2. The van der Waals surface area contributed by atoms with Gasteiger partial charge in [0.15, 0.2) is 0 Å². The predicted octanol–water partition coefficient (Wildman–Crippen LogP) is 3.36. The lowest BCUT2D eigenvalue weighted by atomic mass is 10.1. The van der Waals surface area contributed by atoms with Gasteiger partial charge < -0.3 is 9.47 Å². The lowest BCUT2D eigenvalue weighted by molar-refractivity contribution is -0.176. The van der Waals surface area contributed by atoms with Gasteiger partial charge in [-0.3, -0.25) is 9.59 Å². The Morgan fingerprint density at radius 2 is 1.56 bits per heavy atom. The highest BCUT2D eigenvalue weighted by atomic mass is 16.7. The van der Waals surface area contributed by atoms with Gasteiger partial charge in [0.05, 0.1) is 0 Å². The summed E-state index contributed by atoms with van der Waals surface area (Å²) in [5, 5.41) is 0. The lowest BCUT2D eigenvalue weighted by Crippen LogP contribution is -2.20. The Morgan fingerprint density at radius 1 is 1.00 bits per heavy atom. The summed E-state index contributed by atoms with van der Waals surface area (Å²) in [7, 11) is 0. The maximum absolute atomic E-state index is 10.8. The first-order valence-corrected chi connectivity index (χ1v) is 6.57. The van der Waals surface area contributed by atoms with Crippen molar-refractivity contribution in [3.63, 3.8) is 0 Å². The molecule has 4 heteroatoms. The fraction of sp³-hybridized carbons (Fsp3) is 0.714. The highest BCUT2D eigenvalue weighted by molar-refractivity contribution is 5.68. The minimum absolute atomic E-state index is 0.464. The Hall–Kier alpha value is -1.32. The Kier molecular flexibility index (Phi) is 10.0. The molecule has 0 radical (unpaired) electrons. The summed E-state index contributed by atoms with van der Waals surface area (Å²) in [4.78, 5) is 21.6. The molecule has 0 aliphatic heterocycles. The van der Waals surface area contributed by atoms with E-state index in [2.05, 4.69) is 6.92 Å². The first-order valence-electron chi connectivity index (χ1n) is 6.57. The second kappa shape index (κ2) is 10.8. The summed E-state index contributed by atoms with van der Waals surface area (Å²) in [6.07, 6.45) is 9.57. The Morgan fingerprint density at radius 3 is 2.06 bits per heavy atom. The fourth-order valence-electron chi connectivity index (χ4n) is 1.50. The molecule has 0 heterocycles. The third kappa shape index (κ3) is 11.2. The van der Waals surface area contributed by atoms with Crippen molar-refractivity contribution in [2.45, 2.75) is 65.6 Å². The summed E-state index contributed by atoms with van der Waals surface area (Å²) < 4.78 is 9.67. The van der Waals surface area contributed by atoms with Crippen molar-refractivity contribution in [1.29, 1.82) is 0 Å². The van der Waals surface area contributed by atoms with Crippen molar-refractivity contribution in [3.05, 3.63) is 12.2 Å². The van der Waals surface area contributed by atoms with E-state index in [0.29, 0.717) is 0 Å². The van der Waals surface area contributed by atoms with Gasteiger partial charge in [-0.15, -0.1) is 0 Å². The minimum Gasteiger partial charge on any atom is -0.421 e.